The standard InChI is InChI=1S/C27H26N2O4/c1-3-17-5-9-19(10-6-17)13-21-15-27(25(32)28-23(21)30)16-22(24(31)29-26(27)33)14-20-11-7-18(4-2)8-12-20/h5-14H,3-4,15-16H2,1-2H3,(H,28,30,32)(H,29,31,33)/b21-13+,22-14+. The predicted octanol–water partition coefficient (Wildman–Crippen LogP) is 3.36. The molecule has 0 unspecified atom stereocenters. The van der Waals surface area contributed by atoms with Crippen LogP contribution in [0, 0.1) is 5.41 Å². The van der Waals surface area contributed by atoms with Gasteiger partial charge in [-0.25, -0.2) is 0 Å². The summed E-state index contributed by atoms with van der Waals surface area (Å²) in [6.45, 7) is 4.12. The molecule has 0 aliphatic carbocycles. The fourth-order valence-electron chi connectivity index (χ4n) is 4.24. The van der Waals surface area contributed by atoms with E-state index in [-0.39, 0.29) is 12.8 Å². The Morgan fingerprint density at radius 3 is 1.36 bits per heavy atom. The first kappa shape index (κ1) is 22.4. The molecule has 33 heavy (non-hydrogen) atoms. The van der Waals surface area contributed by atoms with Crippen molar-refractivity contribution in [2.24, 2.45) is 5.41 Å². The van der Waals surface area contributed by atoms with Gasteiger partial charge in [-0.1, -0.05) is 62.4 Å². The number of hydrogen-bond donors (Lipinski definition) is 2. The number of amides is 4. The molecule has 2 heterocycles. The fraction of sp³-hybridized carbons (Fsp3) is 0.259. The van der Waals surface area contributed by atoms with E-state index < -0.39 is 29.0 Å². The average Bonchev–Trinajstić information content (AvgIpc) is 2.81. The molecule has 2 fully saturated rings. The lowest BCUT2D eigenvalue weighted by Crippen LogP contribution is -2.61. The third-order valence-corrected chi connectivity index (χ3v) is 6.35. The van der Waals surface area contributed by atoms with E-state index >= 15 is 0 Å². The third-order valence-electron chi connectivity index (χ3n) is 6.35. The highest BCUT2D eigenvalue weighted by Gasteiger charge is 2.54. The van der Waals surface area contributed by atoms with Crippen LogP contribution >= 0.6 is 0 Å². The molecular formula is C27H26N2O4. The van der Waals surface area contributed by atoms with Gasteiger partial charge in [-0.3, -0.25) is 29.8 Å². The van der Waals surface area contributed by atoms with E-state index in [0.29, 0.717) is 11.1 Å². The van der Waals surface area contributed by atoms with E-state index in [1.807, 2.05) is 48.5 Å². The number of piperidine rings is 2. The molecule has 4 rings (SSSR count). The second kappa shape index (κ2) is 8.98. The van der Waals surface area contributed by atoms with Crippen molar-refractivity contribution in [1.82, 2.24) is 10.6 Å². The van der Waals surface area contributed by atoms with Crippen LogP contribution in [0.3, 0.4) is 0 Å². The van der Waals surface area contributed by atoms with Gasteiger partial charge in [-0.15, -0.1) is 0 Å². The first-order valence-electron chi connectivity index (χ1n) is 11.1. The molecule has 0 saturated carbocycles. The second-order valence-corrected chi connectivity index (χ2v) is 8.53. The smallest absolute Gasteiger partial charge is 0.253 e. The number of aryl methyl sites for hydroxylation is 2. The Morgan fingerprint density at radius 1 is 0.667 bits per heavy atom. The summed E-state index contributed by atoms with van der Waals surface area (Å²) in [6, 6.07) is 15.5. The van der Waals surface area contributed by atoms with Crippen LogP contribution in [-0.2, 0) is 32.0 Å². The van der Waals surface area contributed by atoms with Crippen LogP contribution in [0.2, 0.25) is 0 Å². The Labute approximate surface area is 192 Å². The summed E-state index contributed by atoms with van der Waals surface area (Å²) in [7, 11) is 0. The maximum absolute atomic E-state index is 12.9. The minimum atomic E-state index is -1.55. The van der Waals surface area contributed by atoms with Crippen molar-refractivity contribution in [1.29, 1.82) is 0 Å². The average molecular weight is 443 g/mol. The second-order valence-electron chi connectivity index (χ2n) is 8.53. The monoisotopic (exact) mass is 442 g/mol. The lowest BCUT2D eigenvalue weighted by Gasteiger charge is -2.38. The Hall–Kier alpha value is -3.80. The number of benzene rings is 2. The summed E-state index contributed by atoms with van der Waals surface area (Å²) in [6.07, 6.45) is 5.05. The first-order valence-corrected chi connectivity index (χ1v) is 11.1. The van der Waals surface area contributed by atoms with Crippen molar-refractivity contribution in [3.63, 3.8) is 0 Å². The highest BCUT2D eigenvalue weighted by atomic mass is 16.2. The van der Waals surface area contributed by atoms with E-state index in [1.165, 1.54) is 11.1 Å². The topological polar surface area (TPSA) is 92.3 Å². The van der Waals surface area contributed by atoms with Gasteiger partial charge < -0.3 is 0 Å². The van der Waals surface area contributed by atoms with Crippen molar-refractivity contribution in [3.8, 4) is 0 Å². The number of nitrogens with one attached hydrogen (secondary N) is 2. The molecule has 2 saturated heterocycles. The highest BCUT2D eigenvalue weighted by Crippen LogP contribution is 2.40. The summed E-state index contributed by atoms with van der Waals surface area (Å²) in [5, 5.41) is 4.66. The van der Waals surface area contributed by atoms with Crippen molar-refractivity contribution in [2.75, 3.05) is 0 Å². The number of rotatable bonds is 4. The predicted molar refractivity (Wildman–Crippen MR) is 126 cm³/mol. The summed E-state index contributed by atoms with van der Waals surface area (Å²) >= 11 is 0. The van der Waals surface area contributed by atoms with E-state index in [4.69, 9.17) is 0 Å². The van der Waals surface area contributed by atoms with Crippen molar-refractivity contribution < 1.29 is 19.2 Å². The lowest BCUT2D eigenvalue weighted by atomic mass is 9.70. The molecule has 168 valence electrons. The van der Waals surface area contributed by atoms with Gasteiger partial charge in [0.05, 0.1) is 0 Å². The van der Waals surface area contributed by atoms with Crippen molar-refractivity contribution >= 4 is 35.8 Å². The molecule has 2 aromatic carbocycles. The van der Waals surface area contributed by atoms with Gasteiger partial charge in [0, 0.05) is 24.0 Å². The molecular weight excluding hydrogens is 416 g/mol. The Morgan fingerprint density at radius 2 is 1.03 bits per heavy atom. The maximum atomic E-state index is 12.9. The fourth-order valence-corrected chi connectivity index (χ4v) is 4.24. The largest absolute Gasteiger partial charge is 0.292 e. The SMILES string of the molecule is CCc1ccc(/C=C2\CC3(C/C(=C\c4ccc(CC)cc4)C(=O)NC3=O)C(=O)NC2=O)cc1. The zero-order valence-electron chi connectivity index (χ0n) is 18.7. The third kappa shape index (κ3) is 4.42. The number of hydrogen-bond acceptors (Lipinski definition) is 4. The molecule has 2 N–H and O–H groups in total. The molecule has 0 atom stereocenters. The van der Waals surface area contributed by atoms with Crippen LogP contribution in [0.5, 0.6) is 0 Å². The van der Waals surface area contributed by atoms with Gasteiger partial charge >= 0.3 is 0 Å². The normalized spacial score (nSPS) is 20.3. The van der Waals surface area contributed by atoms with Gasteiger partial charge in [-0.2, -0.15) is 0 Å². The van der Waals surface area contributed by atoms with E-state index in [2.05, 4.69) is 24.5 Å². The minimum Gasteiger partial charge on any atom is -0.292 e. The van der Waals surface area contributed by atoms with Crippen LogP contribution in [-0.4, -0.2) is 23.6 Å². The quantitative estimate of drug-likeness (QED) is 0.432. The van der Waals surface area contributed by atoms with Crippen molar-refractivity contribution in [3.05, 3.63) is 81.9 Å². The molecule has 6 nitrogen and oxygen atoms in total. The summed E-state index contributed by atoms with van der Waals surface area (Å²) in [5.74, 6) is -2.39. The van der Waals surface area contributed by atoms with Crippen LogP contribution in [0.4, 0.5) is 0 Å². The van der Waals surface area contributed by atoms with E-state index in [0.717, 1.165) is 24.0 Å². The molecule has 0 bridgehead atoms. The van der Waals surface area contributed by atoms with Crippen LogP contribution < -0.4 is 10.6 Å². The highest BCUT2D eigenvalue weighted by molar-refractivity contribution is 6.24. The van der Waals surface area contributed by atoms with Crippen molar-refractivity contribution in [2.45, 2.75) is 39.5 Å². The molecule has 0 aromatic heterocycles. The molecule has 6 heteroatoms. The van der Waals surface area contributed by atoms with Gasteiger partial charge in [-0.05, 0) is 47.2 Å². The Bertz CT molecular complexity index is 1090. The summed E-state index contributed by atoms with van der Waals surface area (Å²) in [5.41, 5.74) is 3.06. The molecule has 1 spiro atoms. The number of imide groups is 2. The molecule has 0 radical (unpaired) electrons. The van der Waals surface area contributed by atoms with Gasteiger partial charge in [0.15, 0.2) is 0 Å². The molecule has 2 aromatic rings. The van der Waals surface area contributed by atoms with Crippen LogP contribution in [0.25, 0.3) is 12.2 Å². The van der Waals surface area contributed by atoms with Crippen LogP contribution in [0.1, 0.15) is 48.9 Å². The Balaban J connectivity index is 1.67. The number of carbonyl (C=O) groups is 4. The molecule has 4 amide bonds. The van der Waals surface area contributed by atoms with E-state index in [1.54, 1.807) is 12.2 Å². The van der Waals surface area contributed by atoms with Gasteiger partial charge in [0.25, 0.3) is 11.8 Å². The summed E-state index contributed by atoms with van der Waals surface area (Å²) in [4.78, 5) is 50.9. The molecule has 2 aliphatic heterocycles. The van der Waals surface area contributed by atoms with Gasteiger partial charge in [0.2, 0.25) is 11.8 Å². The zero-order valence-corrected chi connectivity index (χ0v) is 18.7. The van der Waals surface area contributed by atoms with E-state index in [9.17, 15) is 19.2 Å². The zero-order chi connectivity index (χ0) is 23.6. The summed E-state index contributed by atoms with van der Waals surface area (Å²) < 4.78 is 0. The molecule has 2 aliphatic rings. The first-order chi connectivity index (χ1) is 15.8. The van der Waals surface area contributed by atoms with Gasteiger partial charge in [0.1, 0.15) is 5.41 Å². The maximum Gasteiger partial charge on any atom is 0.253 e. The Kier molecular flexibility index (Phi) is 6.09. The minimum absolute atomic E-state index is 0.0710. The lowest BCUT2D eigenvalue weighted by molar-refractivity contribution is -0.150. The van der Waals surface area contributed by atoms with Crippen LogP contribution in [0.15, 0.2) is 59.7 Å². The number of carbonyl (C=O) groups excluding carboxylic acids is 4.